The first-order valence-electron chi connectivity index (χ1n) is 7.08. The third-order valence-corrected chi connectivity index (χ3v) is 3.73. The molecule has 0 bridgehead atoms. The van der Waals surface area contributed by atoms with Gasteiger partial charge in [0.15, 0.2) is 0 Å². The van der Waals surface area contributed by atoms with E-state index >= 15 is 0 Å². The lowest BCUT2D eigenvalue weighted by molar-refractivity contribution is -0.131. The molecule has 2 amide bonds. The second-order valence-corrected chi connectivity index (χ2v) is 5.47. The number of likely N-dealkylation sites (N-methyl/N-ethyl adjacent to an activating group) is 1. The molecule has 1 aliphatic rings. The second-order valence-electron chi connectivity index (χ2n) is 5.47. The Labute approximate surface area is 127 Å². The SMILES string of the molecule is CN(C)C1CCN(CCNC(=O)c2cc(F)ccc2F)C1=O. The van der Waals surface area contributed by atoms with E-state index in [2.05, 4.69) is 5.32 Å². The molecule has 0 aromatic heterocycles. The van der Waals surface area contributed by atoms with Crippen LogP contribution in [0.15, 0.2) is 18.2 Å². The summed E-state index contributed by atoms with van der Waals surface area (Å²) in [7, 11) is 3.70. The summed E-state index contributed by atoms with van der Waals surface area (Å²) in [5.74, 6) is -2.11. The van der Waals surface area contributed by atoms with Gasteiger partial charge < -0.3 is 10.2 Å². The van der Waals surface area contributed by atoms with Crippen LogP contribution in [-0.2, 0) is 4.79 Å². The van der Waals surface area contributed by atoms with Crippen molar-refractivity contribution in [1.82, 2.24) is 15.1 Å². The van der Waals surface area contributed by atoms with Gasteiger partial charge in [0.05, 0.1) is 11.6 Å². The lowest BCUT2D eigenvalue weighted by atomic mass is 10.2. The van der Waals surface area contributed by atoms with Crippen LogP contribution in [0.2, 0.25) is 0 Å². The average Bonchev–Trinajstić information content (AvgIpc) is 2.83. The number of nitrogens with one attached hydrogen (secondary N) is 1. The minimum absolute atomic E-state index is 0.0242. The summed E-state index contributed by atoms with van der Waals surface area (Å²) in [6, 6.07) is 2.59. The highest BCUT2D eigenvalue weighted by Crippen LogP contribution is 2.14. The number of hydrogen-bond acceptors (Lipinski definition) is 3. The van der Waals surface area contributed by atoms with Crippen LogP contribution in [-0.4, -0.2) is 61.4 Å². The third-order valence-electron chi connectivity index (χ3n) is 3.73. The van der Waals surface area contributed by atoms with E-state index in [0.717, 1.165) is 24.6 Å². The van der Waals surface area contributed by atoms with Crippen LogP contribution in [0.5, 0.6) is 0 Å². The van der Waals surface area contributed by atoms with Crippen LogP contribution in [0.25, 0.3) is 0 Å². The Hall–Kier alpha value is -2.02. The van der Waals surface area contributed by atoms with Crippen molar-refractivity contribution in [2.24, 2.45) is 0 Å². The van der Waals surface area contributed by atoms with Crippen molar-refractivity contribution in [2.75, 3.05) is 33.7 Å². The summed E-state index contributed by atoms with van der Waals surface area (Å²) in [5.41, 5.74) is -0.334. The monoisotopic (exact) mass is 311 g/mol. The maximum Gasteiger partial charge on any atom is 0.254 e. The van der Waals surface area contributed by atoms with Crippen molar-refractivity contribution in [1.29, 1.82) is 0 Å². The number of likely N-dealkylation sites (tertiary alicyclic amines) is 1. The summed E-state index contributed by atoms with van der Waals surface area (Å²) in [4.78, 5) is 27.4. The largest absolute Gasteiger partial charge is 0.350 e. The second kappa shape index (κ2) is 6.83. The Bertz CT molecular complexity index is 578. The van der Waals surface area contributed by atoms with E-state index in [1.54, 1.807) is 4.90 Å². The van der Waals surface area contributed by atoms with Crippen molar-refractivity contribution in [2.45, 2.75) is 12.5 Å². The van der Waals surface area contributed by atoms with E-state index in [0.29, 0.717) is 13.1 Å². The van der Waals surface area contributed by atoms with E-state index in [1.165, 1.54) is 0 Å². The summed E-state index contributed by atoms with van der Waals surface area (Å²) in [6.45, 7) is 1.18. The van der Waals surface area contributed by atoms with Gasteiger partial charge >= 0.3 is 0 Å². The molecule has 0 aliphatic carbocycles. The first kappa shape index (κ1) is 16.4. The molecule has 1 unspecified atom stereocenters. The zero-order valence-corrected chi connectivity index (χ0v) is 12.6. The molecule has 1 N–H and O–H groups in total. The van der Waals surface area contributed by atoms with Crippen LogP contribution < -0.4 is 5.32 Å². The molecule has 1 saturated heterocycles. The van der Waals surface area contributed by atoms with E-state index in [-0.39, 0.29) is 24.1 Å². The van der Waals surface area contributed by atoms with Gasteiger partial charge in [0.1, 0.15) is 11.6 Å². The van der Waals surface area contributed by atoms with Gasteiger partial charge in [-0.3, -0.25) is 14.5 Å². The summed E-state index contributed by atoms with van der Waals surface area (Å²) in [6.07, 6.45) is 0.748. The van der Waals surface area contributed by atoms with Gasteiger partial charge in [-0.2, -0.15) is 0 Å². The van der Waals surface area contributed by atoms with Crippen LogP contribution in [0.1, 0.15) is 16.8 Å². The topological polar surface area (TPSA) is 52.6 Å². The number of rotatable bonds is 5. The minimum atomic E-state index is -0.774. The Morgan fingerprint density at radius 2 is 2.14 bits per heavy atom. The Morgan fingerprint density at radius 1 is 1.41 bits per heavy atom. The molecule has 0 spiro atoms. The van der Waals surface area contributed by atoms with Crippen molar-refractivity contribution in [3.05, 3.63) is 35.4 Å². The fraction of sp³-hybridized carbons (Fsp3) is 0.467. The molecule has 0 radical (unpaired) electrons. The number of hydrogen-bond donors (Lipinski definition) is 1. The van der Waals surface area contributed by atoms with E-state index < -0.39 is 17.5 Å². The molecule has 1 aliphatic heterocycles. The van der Waals surface area contributed by atoms with Crippen molar-refractivity contribution >= 4 is 11.8 Å². The molecular formula is C15H19F2N3O2. The number of amides is 2. The van der Waals surface area contributed by atoms with E-state index in [9.17, 15) is 18.4 Å². The van der Waals surface area contributed by atoms with Gasteiger partial charge in [-0.25, -0.2) is 8.78 Å². The summed E-state index contributed by atoms with van der Waals surface area (Å²) in [5, 5.41) is 2.51. The molecule has 0 saturated carbocycles. The van der Waals surface area contributed by atoms with E-state index in [4.69, 9.17) is 0 Å². The van der Waals surface area contributed by atoms with Crippen molar-refractivity contribution < 1.29 is 18.4 Å². The maximum absolute atomic E-state index is 13.5. The zero-order chi connectivity index (χ0) is 16.3. The molecule has 1 atom stereocenters. The molecule has 1 aromatic carbocycles. The van der Waals surface area contributed by atoms with Crippen LogP contribution in [0, 0.1) is 11.6 Å². The highest BCUT2D eigenvalue weighted by molar-refractivity contribution is 5.94. The fourth-order valence-electron chi connectivity index (χ4n) is 2.49. The van der Waals surface area contributed by atoms with Gasteiger partial charge in [0.2, 0.25) is 5.91 Å². The standard InChI is InChI=1S/C15H19F2N3O2/c1-19(2)13-5-7-20(15(13)22)8-6-18-14(21)11-9-10(16)3-4-12(11)17/h3-4,9,13H,5-8H2,1-2H3,(H,18,21). The number of nitrogens with zero attached hydrogens (tertiary/aromatic N) is 2. The van der Waals surface area contributed by atoms with E-state index in [1.807, 2.05) is 19.0 Å². The predicted octanol–water partition coefficient (Wildman–Crippen LogP) is 0.857. The number of carbonyl (C=O) groups is 2. The summed E-state index contributed by atoms with van der Waals surface area (Å²) >= 11 is 0. The molecule has 1 aromatic rings. The Balaban J connectivity index is 1.85. The van der Waals surface area contributed by atoms with Crippen molar-refractivity contribution in [3.63, 3.8) is 0 Å². The van der Waals surface area contributed by atoms with Crippen molar-refractivity contribution in [3.8, 4) is 0 Å². The summed E-state index contributed by atoms with van der Waals surface area (Å²) < 4.78 is 26.5. The van der Waals surface area contributed by atoms with Gasteiger partial charge in [0, 0.05) is 19.6 Å². The van der Waals surface area contributed by atoms with Gasteiger partial charge in [-0.05, 0) is 38.7 Å². The van der Waals surface area contributed by atoms with Gasteiger partial charge in [-0.1, -0.05) is 0 Å². The normalized spacial score (nSPS) is 18.1. The van der Waals surface area contributed by atoms with Gasteiger partial charge in [-0.15, -0.1) is 0 Å². The lowest BCUT2D eigenvalue weighted by Gasteiger charge is -2.20. The molecule has 7 heteroatoms. The first-order chi connectivity index (χ1) is 10.4. The number of carbonyl (C=O) groups excluding carboxylic acids is 2. The average molecular weight is 311 g/mol. The fourth-order valence-corrected chi connectivity index (χ4v) is 2.49. The molecule has 1 fully saturated rings. The minimum Gasteiger partial charge on any atom is -0.350 e. The Morgan fingerprint density at radius 3 is 2.77 bits per heavy atom. The molecule has 1 heterocycles. The Kier molecular flexibility index (Phi) is 5.07. The smallest absolute Gasteiger partial charge is 0.254 e. The highest BCUT2D eigenvalue weighted by atomic mass is 19.1. The van der Waals surface area contributed by atoms with Gasteiger partial charge in [0.25, 0.3) is 5.91 Å². The number of benzene rings is 1. The molecule has 2 rings (SSSR count). The molecule has 120 valence electrons. The van der Waals surface area contributed by atoms with Crippen LogP contribution in [0.4, 0.5) is 8.78 Å². The molecule has 22 heavy (non-hydrogen) atoms. The van der Waals surface area contributed by atoms with Crippen LogP contribution >= 0.6 is 0 Å². The predicted molar refractivity (Wildman–Crippen MR) is 77.4 cm³/mol. The zero-order valence-electron chi connectivity index (χ0n) is 12.6. The number of halogens is 2. The molecule has 5 nitrogen and oxygen atoms in total. The first-order valence-corrected chi connectivity index (χ1v) is 7.08. The quantitative estimate of drug-likeness (QED) is 0.877. The highest BCUT2D eigenvalue weighted by Gasteiger charge is 2.32. The lowest BCUT2D eigenvalue weighted by Crippen LogP contribution is -2.40. The maximum atomic E-state index is 13.5. The van der Waals surface area contributed by atoms with Crippen LogP contribution in [0.3, 0.4) is 0 Å². The molecular weight excluding hydrogens is 292 g/mol. The third kappa shape index (κ3) is 3.59.